The van der Waals surface area contributed by atoms with Crippen molar-refractivity contribution in [2.45, 2.75) is 12.2 Å². The predicted molar refractivity (Wildman–Crippen MR) is 52.7 cm³/mol. The first-order valence-corrected chi connectivity index (χ1v) is 4.67. The molecule has 1 aromatic carbocycles. The third kappa shape index (κ3) is 1.80. The molecule has 16 heavy (non-hydrogen) atoms. The van der Waals surface area contributed by atoms with Gasteiger partial charge in [-0.1, -0.05) is 30.3 Å². The monoisotopic (exact) mass is 226 g/mol. The topological polar surface area (TPSA) is 17.8 Å². The summed E-state index contributed by atoms with van der Waals surface area (Å²) < 4.78 is 41.4. The van der Waals surface area contributed by atoms with Gasteiger partial charge in [0, 0.05) is 12.4 Å². The summed E-state index contributed by atoms with van der Waals surface area (Å²) in [5.74, 6) is 0. The molecule has 0 fully saturated rings. The van der Waals surface area contributed by atoms with Crippen molar-refractivity contribution in [2.75, 3.05) is 0 Å². The van der Waals surface area contributed by atoms with E-state index >= 15 is 0 Å². The normalized spacial score (nSPS) is 13.7. The van der Waals surface area contributed by atoms with Crippen LogP contribution in [0.15, 0.2) is 49.1 Å². The standard InChI is InChI=1S/C11H9F3N2/c12-10(9-4-2-1-3-5-9)11(13,14)16-7-6-15-8-16/h1-8,10H. The molecule has 0 bridgehead atoms. The smallest absolute Gasteiger partial charge is 0.275 e. The van der Waals surface area contributed by atoms with Crippen LogP contribution in [0.1, 0.15) is 11.7 Å². The zero-order chi connectivity index (χ0) is 11.6. The maximum atomic E-state index is 13.7. The van der Waals surface area contributed by atoms with Crippen molar-refractivity contribution >= 4 is 0 Å². The van der Waals surface area contributed by atoms with Crippen molar-refractivity contribution in [3.63, 3.8) is 0 Å². The van der Waals surface area contributed by atoms with E-state index in [0.717, 1.165) is 12.5 Å². The molecule has 5 heteroatoms. The summed E-state index contributed by atoms with van der Waals surface area (Å²) in [5, 5.41) is 0. The summed E-state index contributed by atoms with van der Waals surface area (Å²) in [7, 11) is 0. The minimum absolute atomic E-state index is 0.0544. The second-order valence-electron chi connectivity index (χ2n) is 3.33. The Morgan fingerprint density at radius 3 is 2.44 bits per heavy atom. The van der Waals surface area contributed by atoms with Crippen LogP contribution in [0.3, 0.4) is 0 Å². The summed E-state index contributed by atoms with van der Waals surface area (Å²) in [5.41, 5.74) is -0.0544. The highest BCUT2D eigenvalue weighted by Gasteiger charge is 2.42. The molecule has 84 valence electrons. The number of hydrogen-bond acceptors (Lipinski definition) is 1. The Morgan fingerprint density at radius 1 is 1.19 bits per heavy atom. The van der Waals surface area contributed by atoms with Gasteiger partial charge in [-0.05, 0) is 5.56 Å². The molecular weight excluding hydrogens is 217 g/mol. The lowest BCUT2D eigenvalue weighted by Gasteiger charge is -2.21. The lowest BCUT2D eigenvalue weighted by molar-refractivity contribution is -0.146. The molecule has 0 saturated heterocycles. The van der Waals surface area contributed by atoms with Crippen molar-refractivity contribution in [1.29, 1.82) is 0 Å². The number of aromatic nitrogens is 2. The van der Waals surface area contributed by atoms with Crippen LogP contribution in [0.2, 0.25) is 0 Å². The molecule has 0 N–H and O–H groups in total. The summed E-state index contributed by atoms with van der Waals surface area (Å²) >= 11 is 0. The average Bonchev–Trinajstić information content (AvgIpc) is 2.83. The molecule has 1 heterocycles. The maximum Gasteiger partial charge on any atom is 0.365 e. The van der Waals surface area contributed by atoms with Crippen LogP contribution < -0.4 is 0 Å². The number of rotatable bonds is 3. The van der Waals surface area contributed by atoms with Gasteiger partial charge < -0.3 is 0 Å². The summed E-state index contributed by atoms with van der Waals surface area (Å²) in [6.45, 7) is 0. The first-order chi connectivity index (χ1) is 7.62. The lowest BCUT2D eigenvalue weighted by Crippen LogP contribution is -2.27. The van der Waals surface area contributed by atoms with Gasteiger partial charge in [-0.15, -0.1) is 0 Å². The van der Waals surface area contributed by atoms with Crippen LogP contribution >= 0.6 is 0 Å². The Labute approximate surface area is 90.4 Å². The fourth-order valence-electron chi connectivity index (χ4n) is 1.39. The van der Waals surface area contributed by atoms with Crippen molar-refractivity contribution in [3.05, 3.63) is 54.6 Å². The van der Waals surface area contributed by atoms with Gasteiger partial charge in [0.15, 0.2) is 0 Å². The fraction of sp³-hybridized carbons (Fsp3) is 0.182. The maximum absolute atomic E-state index is 13.7. The van der Waals surface area contributed by atoms with Crippen molar-refractivity contribution < 1.29 is 13.2 Å². The quantitative estimate of drug-likeness (QED) is 0.786. The molecule has 0 aliphatic rings. The molecule has 0 aliphatic heterocycles. The highest BCUT2D eigenvalue weighted by atomic mass is 19.3. The molecular formula is C11H9F3N2. The minimum Gasteiger partial charge on any atom is -0.275 e. The molecule has 1 atom stereocenters. The SMILES string of the molecule is FC(c1ccccc1)C(F)(F)n1ccnc1. The molecule has 0 amide bonds. The molecule has 0 spiro atoms. The number of imidazole rings is 1. The minimum atomic E-state index is -3.63. The fourth-order valence-corrected chi connectivity index (χ4v) is 1.39. The largest absolute Gasteiger partial charge is 0.365 e. The van der Waals surface area contributed by atoms with E-state index in [1.165, 1.54) is 30.5 Å². The Hall–Kier alpha value is -1.78. The number of halogens is 3. The third-order valence-corrected chi connectivity index (χ3v) is 2.25. The molecule has 2 aromatic rings. The average molecular weight is 226 g/mol. The van der Waals surface area contributed by atoms with E-state index < -0.39 is 12.2 Å². The van der Waals surface area contributed by atoms with Gasteiger partial charge in [-0.25, -0.2) is 9.37 Å². The number of alkyl halides is 3. The van der Waals surface area contributed by atoms with Gasteiger partial charge in [0.2, 0.25) is 6.17 Å². The molecule has 2 nitrogen and oxygen atoms in total. The first kappa shape index (κ1) is 10.7. The van der Waals surface area contributed by atoms with Crippen LogP contribution in [0.25, 0.3) is 0 Å². The van der Waals surface area contributed by atoms with Crippen LogP contribution in [0.5, 0.6) is 0 Å². The third-order valence-electron chi connectivity index (χ3n) is 2.25. The zero-order valence-corrected chi connectivity index (χ0v) is 8.22. The van der Waals surface area contributed by atoms with E-state index in [1.54, 1.807) is 6.07 Å². The summed E-state index contributed by atoms with van der Waals surface area (Å²) in [6, 6.07) is 3.71. The van der Waals surface area contributed by atoms with E-state index in [4.69, 9.17) is 0 Å². The lowest BCUT2D eigenvalue weighted by atomic mass is 10.1. The summed E-state index contributed by atoms with van der Waals surface area (Å²) in [6.07, 6.45) is 0.735. The molecule has 2 rings (SSSR count). The molecule has 0 radical (unpaired) electrons. The zero-order valence-electron chi connectivity index (χ0n) is 8.22. The Kier molecular flexibility index (Phi) is 2.68. The number of benzene rings is 1. The van der Waals surface area contributed by atoms with E-state index in [2.05, 4.69) is 4.98 Å². The highest BCUT2D eigenvalue weighted by molar-refractivity contribution is 5.18. The predicted octanol–water partition coefficient (Wildman–Crippen LogP) is 3.14. The van der Waals surface area contributed by atoms with Gasteiger partial charge in [-0.3, -0.25) is 4.57 Å². The van der Waals surface area contributed by atoms with Crippen molar-refractivity contribution in [1.82, 2.24) is 9.55 Å². The molecule has 0 saturated carbocycles. The second kappa shape index (κ2) is 4.00. The molecule has 1 aromatic heterocycles. The van der Waals surface area contributed by atoms with Crippen molar-refractivity contribution in [3.8, 4) is 0 Å². The number of nitrogens with zero attached hydrogens (tertiary/aromatic N) is 2. The molecule has 0 aliphatic carbocycles. The van der Waals surface area contributed by atoms with Gasteiger partial charge in [0.05, 0.1) is 6.33 Å². The Bertz CT molecular complexity index is 440. The van der Waals surface area contributed by atoms with Gasteiger partial charge >= 0.3 is 6.05 Å². The van der Waals surface area contributed by atoms with E-state index in [-0.39, 0.29) is 5.56 Å². The first-order valence-electron chi connectivity index (χ1n) is 4.67. The van der Waals surface area contributed by atoms with E-state index in [9.17, 15) is 13.2 Å². The van der Waals surface area contributed by atoms with Crippen molar-refractivity contribution in [2.24, 2.45) is 0 Å². The van der Waals surface area contributed by atoms with Crippen LogP contribution in [0.4, 0.5) is 13.2 Å². The van der Waals surface area contributed by atoms with E-state index in [1.807, 2.05) is 0 Å². The van der Waals surface area contributed by atoms with E-state index in [0.29, 0.717) is 4.57 Å². The highest BCUT2D eigenvalue weighted by Crippen LogP contribution is 2.38. The van der Waals surface area contributed by atoms with Gasteiger partial charge in [0.25, 0.3) is 0 Å². The van der Waals surface area contributed by atoms with Gasteiger partial charge in [0.1, 0.15) is 0 Å². The van der Waals surface area contributed by atoms with Crippen LogP contribution in [-0.2, 0) is 6.05 Å². The van der Waals surface area contributed by atoms with Crippen LogP contribution in [-0.4, -0.2) is 9.55 Å². The second-order valence-corrected chi connectivity index (χ2v) is 3.33. The van der Waals surface area contributed by atoms with Crippen LogP contribution in [0, 0.1) is 0 Å². The Balaban J connectivity index is 2.31. The van der Waals surface area contributed by atoms with Gasteiger partial charge in [-0.2, -0.15) is 8.78 Å². The Morgan fingerprint density at radius 2 is 1.88 bits per heavy atom. The summed E-state index contributed by atoms with van der Waals surface area (Å²) in [4.78, 5) is 3.48. The number of hydrogen-bond donors (Lipinski definition) is 0. The molecule has 1 unspecified atom stereocenters.